The van der Waals surface area contributed by atoms with Gasteiger partial charge in [0.2, 0.25) is 5.91 Å². The third kappa shape index (κ3) is 4.69. The number of likely N-dealkylation sites (tertiary alicyclic amines) is 1. The molecule has 0 spiro atoms. The molecule has 34 heavy (non-hydrogen) atoms. The lowest BCUT2D eigenvalue weighted by Crippen LogP contribution is -2.47. The first-order chi connectivity index (χ1) is 16.6. The Kier molecular flexibility index (Phi) is 6.61. The van der Waals surface area contributed by atoms with Crippen LogP contribution in [0.25, 0.3) is 11.2 Å². The third-order valence-electron chi connectivity index (χ3n) is 7.13. The van der Waals surface area contributed by atoms with Crippen molar-refractivity contribution >= 4 is 22.9 Å². The molecule has 0 bridgehead atoms. The van der Waals surface area contributed by atoms with Gasteiger partial charge >= 0.3 is 0 Å². The highest BCUT2D eigenvalue weighted by atomic mass is 16.2. The van der Waals surface area contributed by atoms with Crippen molar-refractivity contribution in [3.63, 3.8) is 0 Å². The molecule has 7 nitrogen and oxygen atoms in total. The summed E-state index contributed by atoms with van der Waals surface area (Å²) in [5.74, 6) is 0.596. The summed E-state index contributed by atoms with van der Waals surface area (Å²) in [6.07, 6.45) is 8.04. The number of amides is 1. The first-order valence-corrected chi connectivity index (χ1v) is 12.5. The number of pyridine rings is 1. The predicted molar refractivity (Wildman–Crippen MR) is 134 cm³/mol. The van der Waals surface area contributed by atoms with Crippen molar-refractivity contribution in [1.82, 2.24) is 19.4 Å². The summed E-state index contributed by atoms with van der Waals surface area (Å²) in [4.78, 5) is 40.3. The molecule has 0 N–H and O–H groups in total. The fourth-order valence-electron chi connectivity index (χ4n) is 5.21. The fraction of sp³-hybridized carbons (Fsp3) is 0.481. The highest BCUT2D eigenvalue weighted by Gasteiger charge is 2.31. The monoisotopic (exact) mass is 459 g/mol. The van der Waals surface area contributed by atoms with Gasteiger partial charge in [0.15, 0.2) is 11.5 Å². The molecule has 0 aliphatic carbocycles. The van der Waals surface area contributed by atoms with Crippen LogP contribution in [-0.4, -0.2) is 51.5 Å². The number of carbonyl (C=O) groups is 1. The number of hydrogen-bond donors (Lipinski definition) is 0. The van der Waals surface area contributed by atoms with Gasteiger partial charge in [0, 0.05) is 32.4 Å². The van der Waals surface area contributed by atoms with Crippen LogP contribution in [0.4, 0.5) is 5.82 Å². The maximum absolute atomic E-state index is 13.7. The molecule has 1 amide bonds. The van der Waals surface area contributed by atoms with E-state index >= 15 is 0 Å². The Hall–Kier alpha value is -3.22. The first kappa shape index (κ1) is 22.6. The Balaban J connectivity index is 1.45. The summed E-state index contributed by atoms with van der Waals surface area (Å²) in [7, 11) is 0. The lowest BCUT2D eigenvalue weighted by molar-refractivity contribution is -0.135. The summed E-state index contributed by atoms with van der Waals surface area (Å²) in [5, 5.41) is 0. The molecule has 1 atom stereocenters. The van der Waals surface area contributed by atoms with Gasteiger partial charge in [-0.1, -0.05) is 42.7 Å². The Morgan fingerprint density at radius 1 is 1.00 bits per heavy atom. The molecule has 1 aromatic carbocycles. The van der Waals surface area contributed by atoms with Crippen LogP contribution in [0.15, 0.2) is 47.4 Å². The molecule has 7 heteroatoms. The zero-order valence-corrected chi connectivity index (χ0v) is 19.9. The van der Waals surface area contributed by atoms with Gasteiger partial charge < -0.3 is 9.80 Å². The number of aryl methyl sites for hydroxylation is 1. The smallest absolute Gasteiger partial charge is 0.295 e. The number of fused-ring (bicyclic) bond motifs is 1. The van der Waals surface area contributed by atoms with E-state index in [1.165, 1.54) is 18.4 Å². The average molecular weight is 460 g/mol. The maximum Gasteiger partial charge on any atom is 0.295 e. The molecular weight excluding hydrogens is 426 g/mol. The van der Waals surface area contributed by atoms with Gasteiger partial charge in [0.05, 0.1) is 12.5 Å². The van der Waals surface area contributed by atoms with E-state index in [1.807, 2.05) is 29.2 Å². The number of nitrogens with zero attached hydrogens (tertiary/aromatic N) is 5. The Morgan fingerprint density at radius 2 is 1.76 bits per heavy atom. The van der Waals surface area contributed by atoms with Crippen molar-refractivity contribution in [1.29, 1.82) is 0 Å². The molecule has 2 fully saturated rings. The quantitative estimate of drug-likeness (QED) is 0.594. The Bertz CT molecular complexity index is 1210. The minimum absolute atomic E-state index is 0.0804. The summed E-state index contributed by atoms with van der Waals surface area (Å²) in [5.41, 5.74) is 3.37. The predicted octanol–water partition coefficient (Wildman–Crippen LogP) is 3.77. The minimum atomic E-state index is -0.144. The van der Waals surface area contributed by atoms with Crippen molar-refractivity contribution in [2.75, 3.05) is 31.1 Å². The largest absolute Gasteiger partial charge is 0.351 e. The van der Waals surface area contributed by atoms with Crippen LogP contribution in [0.5, 0.6) is 0 Å². The number of carbonyl (C=O) groups excluding carboxylic acids is 1. The Labute approximate surface area is 200 Å². The summed E-state index contributed by atoms with van der Waals surface area (Å²) < 4.78 is 1.72. The Morgan fingerprint density at radius 3 is 2.53 bits per heavy atom. The van der Waals surface area contributed by atoms with Gasteiger partial charge in [-0.2, -0.15) is 0 Å². The van der Waals surface area contributed by atoms with Crippen LogP contribution < -0.4 is 10.5 Å². The van der Waals surface area contributed by atoms with E-state index in [1.54, 1.807) is 10.8 Å². The average Bonchev–Trinajstić information content (AvgIpc) is 3.16. The highest BCUT2D eigenvalue weighted by molar-refractivity contribution is 5.80. The van der Waals surface area contributed by atoms with Gasteiger partial charge in [-0.05, 0) is 50.3 Å². The van der Waals surface area contributed by atoms with E-state index in [9.17, 15) is 9.59 Å². The van der Waals surface area contributed by atoms with Crippen LogP contribution >= 0.6 is 0 Å². The molecule has 2 aromatic heterocycles. The summed E-state index contributed by atoms with van der Waals surface area (Å²) in [6.45, 7) is 5.50. The van der Waals surface area contributed by atoms with Crippen LogP contribution in [0.1, 0.15) is 49.7 Å². The molecule has 1 unspecified atom stereocenters. The van der Waals surface area contributed by atoms with E-state index < -0.39 is 0 Å². The molecule has 2 aliphatic rings. The molecular formula is C27H33N5O2. The zero-order chi connectivity index (χ0) is 23.5. The number of anilines is 1. The molecule has 0 saturated carbocycles. The van der Waals surface area contributed by atoms with Gasteiger partial charge in [0.25, 0.3) is 5.56 Å². The first-order valence-electron chi connectivity index (χ1n) is 12.5. The number of hydrogen-bond acceptors (Lipinski definition) is 5. The molecule has 178 valence electrons. The van der Waals surface area contributed by atoms with Crippen LogP contribution in [0.2, 0.25) is 0 Å². The van der Waals surface area contributed by atoms with Gasteiger partial charge in [-0.25, -0.2) is 9.97 Å². The second-order valence-corrected chi connectivity index (χ2v) is 9.68. The molecule has 0 radical (unpaired) electrons. The van der Waals surface area contributed by atoms with Crippen molar-refractivity contribution in [3.05, 3.63) is 64.1 Å². The van der Waals surface area contributed by atoms with E-state index in [0.717, 1.165) is 50.9 Å². The number of aromatic nitrogens is 3. The second-order valence-electron chi connectivity index (χ2n) is 9.68. The minimum Gasteiger partial charge on any atom is -0.351 e. The molecule has 4 heterocycles. The van der Waals surface area contributed by atoms with E-state index in [-0.39, 0.29) is 17.4 Å². The maximum atomic E-state index is 13.7. The SMILES string of the molecule is Cc1ccc(Cn2c(=O)c(N3CCCC(C(=O)N4CCCCCC4)C3)nc3cccnc32)cc1. The number of piperidine rings is 1. The van der Waals surface area contributed by atoms with Gasteiger partial charge in [-0.3, -0.25) is 14.2 Å². The lowest BCUT2D eigenvalue weighted by Gasteiger charge is -2.35. The standard InChI is InChI=1S/C27H33N5O2/c1-20-10-12-21(13-11-20)18-32-24-23(9-6-14-28-24)29-25(27(32)34)31-17-7-8-22(19-31)26(33)30-15-4-2-3-5-16-30/h6,9-14,22H,2-5,7-8,15-19H2,1H3. The topological polar surface area (TPSA) is 71.3 Å². The van der Waals surface area contributed by atoms with Crippen LogP contribution in [0, 0.1) is 12.8 Å². The van der Waals surface area contributed by atoms with Crippen molar-refractivity contribution in [3.8, 4) is 0 Å². The van der Waals surface area contributed by atoms with E-state index in [0.29, 0.717) is 30.1 Å². The van der Waals surface area contributed by atoms with Gasteiger partial charge in [0.1, 0.15) is 5.52 Å². The number of benzene rings is 1. The highest BCUT2D eigenvalue weighted by Crippen LogP contribution is 2.24. The molecule has 2 aliphatic heterocycles. The molecule has 5 rings (SSSR count). The second kappa shape index (κ2) is 9.95. The van der Waals surface area contributed by atoms with Crippen molar-refractivity contribution in [2.45, 2.75) is 52.0 Å². The van der Waals surface area contributed by atoms with Gasteiger partial charge in [-0.15, -0.1) is 0 Å². The fourth-order valence-corrected chi connectivity index (χ4v) is 5.21. The molecule has 3 aromatic rings. The van der Waals surface area contributed by atoms with Crippen molar-refractivity contribution < 1.29 is 4.79 Å². The molecule has 2 saturated heterocycles. The normalized spacial score (nSPS) is 19.3. The summed E-state index contributed by atoms with van der Waals surface area (Å²) in [6, 6.07) is 12.0. The lowest BCUT2D eigenvalue weighted by atomic mass is 9.96. The van der Waals surface area contributed by atoms with E-state index in [2.05, 4.69) is 28.9 Å². The van der Waals surface area contributed by atoms with Crippen LogP contribution in [-0.2, 0) is 11.3 Å². The zero-order valence-electron chi connectivity index (χ0n) is 19.9. The van der Waals surface area contributed by atoms with E-state index in [4.69, 9.17) is 4.98 Å². The van der Waals surface area contributed by atoms with Crippen molar-refractivity contribution in [2.24, 2.45) is 5.92 Å². The van der Waals surface area contributed by atoms with Crippen LogP contribution in [0.3, 0.4) is 0 Å². The third-order valence-corrected chi connectivity index (χ3v) is 7.13. The summed E-state index contributed by atoms with van der Waals surface area (Å²) >= 11 is 0. The number of rotatable bonds is 4.